The number of pyridine rings is 1. The van der Waals surface area contributed by atoms with Crippen LogP contribution in [0.25, 0.3) is 11.0 Å². The zero-order valence-corrected chi connectivity index (χ0v) is 22.3. The Hall–Kier alpha value is -3.84. The summed E-state index contributed by atoms with van der Waals surface area (Å²) in [7, 11) is 1.68. The predicted octanol–water partition coefficient (Wildman–Crippen LogP) is 2.52. The summed E-state index contributed by atoms with van der Waals surface area (Å²) in [4.78, 5) is 20.4. The summed E-state index contributed by atoms with van der Waals surface area (Å²) < 4.78 is 18.2. The number of aromatic nitrogens is 7. The van der Waals surface area contributed by atoms with Gasteiger partial charge in [0.2, 0.25) is 11.8 Å². The third-order valence-electron chi connectivity index (χ3n) is 7.67. The van der Waals surface area contributed by atoms with Gasteiger partial charge in [0.1, 0.15) is 22.5 Å². The zero-order valence-electron chi connectivity index (χ0n) is 22.3. The van der Waals surface area contributed by atoms with Crippen molar-refractivity contribution in [3.05, 3.63) is 41.4 Å². The molecule has 6 heterocycles. The number of likely N-dealkylation sites (tertiary alicyclic amines) is 1. The number of hydrogen-bond acceptors (Lipinski definition) is 12. The van der Waals surface area contributed by atoms with Crippen molar-refractivity contribution in [1.82, 2.24) is 39.8 Å². The fourth-order valence-electron chi connectivity index (χ4n) is 5.63. The molecule has 0 aliphatic carbocycles. The van der Waals surface area contributed by atoms with E-state index in [4.69, 9.17) is 24.7 Å². The van der Waals surface area contributed by atoms with Crippen molar-refractivity contribution in [3.63, 3.8) is 0 Å². The number of nitrogens with two attached hydrogens (primary N) is 1. The number of ether oxygens (including phenoxy) is 2. The molecule has 2 fully saturated rings. The van der Waals surface area contributed by atoms with E-state index >= 15 is 0 Å². The second-order valence-electron chi connectivity index (χ2n) is 10.1. The van der Waals surface area contributed by atoms with Crippen LogP contribution in [0.3, 0.4) is 0 Å². The molecule has 0 aromatic carbocycles. The van der Waals surface area contributed by atoms with Crippen LogP contribution in [-0.4, -0.2) is 79.2 Å². The van der Waals surface area contributed by atoms with Gasteiger partial charge in [-0.2, -0.15) is 15.1 Å². The minimum absolute atomic E-state index is 0.150. The van der Waals surface area contributed by atoms with E-state index in [0.717, 1.165) is 63.4 Å². The van der Waals surface area contributed by atoms with Crippen LogP contribution in [0.4, 0.5) is 11.8 Å². The molecule has 0 spiro atoms. The quantitative estimate of drug-likeness (QED) is 0.341. The molecule has 2 aliphatic heterocycles. The molecule has 13 nitrogen and oxygen atoms in total. The highest BCUT2D eigenvalue weighted by atomic mass is 16.5. The molecule has 4 aromatic heterocycles. The molecule has 0 bridgehead atoms. The second kappa shape index (κ2) is 11.1. The van der Waals surface area contributed by atoms with Crippen molar-refractivity contribution in [2.45, 2.75) is 57.7 Å². The first kappa shape index (κ1) is 25.4. The van der Waals surface area contributed by atoms with Gasteiger partial charge in [0.15, 0.2) is 11.6 Å². The van der Waals surface area contributed by atoms with Crippen LogP contribution >= 0.6 is 0 Å². The van der Waals surface area contributed by atoms with Crippen LogP contribution in [-0.2, 0) is 17.8 Å². The Morgan fingerprint density at radius 3 is 2.67 bits per heavy atom. The van der Waals surface area contributed by atoms with Crippen LogP contribution in [0.2, 0.25) is 0 Å². The summed E-state index contributed by atoms with van der Waals surface area (Å²) in [5.74, 6) is 2.91. The lowest BCUT2D eigenvalue weighted by Gasteiger charge is -2.39. The van der Waals surface area contributed by atoms with Gasteiger partial charge in [0.05, 0.1) is 26.4 Å². The normalized spacial score (nSPS) is 17.6. The van der Waals surface area contributed by atoms with E-state index < -0.39 is 0 Å². The molecule has 2 aliphatic rings. The van der Waals surface area contributed by atoms with Gasteiger partial charge in [0, 0.05) is 32.4 Å². The number of fused-ring (bicyclic) bond motifs is 1. The molecule has 6 rings (SSSR count). The highest BCUT2D eigenvalue weighted by molar-refractivity contribution is 5.86. The molecular formula is C26H34N10O3. The van der Waals surface area contributed by atoms with Gasteiger partial charge in [-0.05, 0) is 56.3 Å². The van der Waals surface area contributed by atoms with E-state index in [9.17, 15) is 0 Å². The van der Waals surface area contributed by atoms with E-state index in [2.05, 4.69) is 41.5 Å². The van der Waals surface area contributed by atoms with Crippen LogP contribution in [0, 0.1) is 6.92 Å². The van der Waals surface area contributed by atoms with E-state index in [-0.39, 0.29) is 5.95 Å². The van der Waals surface area contributed by atoms with Gasteiger partial charge in [-0.1, -0.05) is 5.16 Å². The van der Waals surface area contributed by atoms with Crippen molar-refractivity contribution in [2.75, 3.05) is 44.5 Å². The van der Waals surface area contributed by atoms with Crippen LogP contribution in [0.5, 0.6) is 5.75 Å². The summed E-state index contributed by atoms with van der Waals surface area (Å²) >= 11 is 0. The Kier molecular flexibility index (Phi) is 7.24. The number of aryl methyl sites for hydroxylation is 1. The van der Waals surface area contributed by atoms with Crippen molar-refractivity contribution in [1.29, 1.82) is 0 Å². The highest BCUT2D eigenvalue weighted by Crippen LogP contribution is 2.33. The SMILES string of the molecule is COc1cc(C2CCN(C3CCOCC3)CC2)cnc1Cn1ncc2nc(N)nc(NCc3noc(C)n3)c21. The third kappa shape index (κ3) is 5.50. The van der Waals surface area contributed by atoms with Crippen LogP contribution in [0.1, 0.15) is 54.6 Å². The zero-order chi connectivity index (χ0) is 26.8. The third-order valence-corrected chi connectivity index (χ3v) is 7.67. The maximum absolute atomic E-state index is 5.95. The highest BCUT2D eigenvalue weighted by Gasteiger charge is 2.28. The van der Waals surface area contributed by atoms with Crippen LogP contribution in [0.15, 0.2) is 23.0 Å². The Morgan fingerprint density at radius 2 is 1.92 bits per heavy atom. The first-order valence-electron chi connectivity index (χ1n) is 13.4. The molecule has 0 atom stereocenters. The minimum atomic E-state index is 0.150. The topological polar surface area (TPSA) is 155 Å². The van der Waals surface area contributed by atoms with Crippen molar-refractivity contribution < 1.29 is 14.0 Å². The molecule has 3 N–H and O–H groups in total. The van der Waals surface area contributed by atoms with Crippen molar-refractivity contribution in [3.8, 4) is 5.75 Å². The van der Waals surface area contributed by atoms with Gasteiger partial charge < -0.3 is 29.9 Å². The number of anilines is 2. The fraction of sp³-hybridized carbons (Fsp3) is 0.538. The standard InChI is InChI=1S/C26H34N10O3/c1-16-31-23(34-39-16)14-29-25-24-20(32-26(27)33-25)13-30-36(24)15-21-22(37-2)11-18(12-28-21)17-3-7-35(8-4-17)19-5-9-38-10-6-19/h11-13,17,19H,3-10,14-15H2,1-2H3,(H3,27,29,32,33). The lowest BCUT2D eigenvalue weighted by atomic mass is 9.89. The molecule has 13 heteroatoms. The fourth-order valence-corrected chi connectivity index (χ4v) is 5.63. The minimum Gasteiger partial charge on any atom is -0.495 e. The van der Waals surface area contributed by atoms with Gasteiger partial charge >= 0.3 is 0 Å². The predicted molar refractivity (Wildman–Crippen MR) is 143 cm³/mol. The Balaban J connectivity index is 1.18. The largest absolute Gasteiger partial charge is 0.495 e. The maximum Gasteiger partial charge on any atom is 0.223 e. The average molecular weight is 535 g/mol. The summed E-state index contributed by atoms with van der Waals surface area (Å²) in [6, 6.07) is 2.79. The molecule has 4 aromatic rings. The Bertz CT molecular complexity index is 1420. The van der Waals surface area contributed by atoms with E-state index in [1.54, 1.807) is 24.9 Å². The summed E-state index contributed by atoms with van der Waals surface area (Å²) in [5, 5.41) is 11.7. The number of nitrogens with one attached hydrogen (secondary N) is 1. The van der Waals surface area contributed by atoms with E-state index in [0.29, 0.717) is 53.6 Å². The first-order valence-corrected chi connectivity index (χ1v) is 13.4. The molecule has 0 amide bonds. The molecule has 0 radical (unpaired) electrons. The number of methoxy groups -OCH3 is 1. The number of nitrogens with zero attached hydrogens (tertiary/aromatic N) is 8. The molecule has 206 valence electrons. The van der Waals surface area contributed by atoms with Crippen molar-refractivity contribution >= 4 is 22.8 Å². The number of nitrogen functional groups attached to an aromatic ring is 1. The first-order chi connectivity index (χ1) is 19.1. The van der Waals surface area contributed by atoms with Crippen molar-refractivity contribution in [2.24, 2.45) is 0 Å². The number of rotatable bonds is 8. The van der Waals surface area contributed by atoms with Gasteiger partial charge in [-0.15, -0.1) is 0 Å². The number of piperidine rings is 1. The summed E-state index contributed by atoms with van der Waals surface area (Å²) in [6.45, 7) is 6.44. The maximum atomic E-state index is 5.95. The van der Waals surface area contributed by atoms with E-state index in [1.807, 2.05) is 6.20 Å². The molecular weight excluding hydrogens is 500 g/mol. The van der Waals surface area contributed by atoms with Gasteiger partial charge in [-0.3, -0.25) is 9.67 Å². The second-order valence-corrected chi connectivity index (χ2v) is 10.1. The van der Waals surface area contributed by atoms with E-state index in [1.165, 1.54) is 5.56 Å². The molecule has 39 heavy (non-hydrogen) atoms. The van der Waals surface area contributed by atoms with Gasteiger partial charge in [0.25, 0.3) is 0 Å². The smallest absolute Gasteiger partial charge is 0.223 e. The summed E-state index contributed by atoms with van der Waals surface area (Å²) in [6.07, 6.45) is 8.19. The van der Waals surface area contributed by atoms with Gasteiger partial charge in [-0.25, -0.2) is 4.98 Å². The molecule has 0 saturated carbocycles. The molecule has 0 unspecified atom stereocenters. The number of hydrogen-bond donors (Lipinski definition) is 2. The lowest BCUT2D eigenvalue weighted by molar-refractivity contribution is 0.0251. The average Bonchev–Trinajstić information content (AvgIpc) is 3.58. The monoisotopic (exact) mass is 534 g/mol. The summed E-state index contributed by atoms with van der Waals surface area (Å²) in [5.41, 5.74) is 9.29. The lowest BCUT2D eigenvalue weighted by Crippen LogP contribution is -2.43. The van der Waals surface area contributed by atoms with Crippen LogP contribution < -0.4 is 15.8 Å². The molecule has 2 saturated heterocycles. The Labute approximate surface area is 226 Å². The Morgan fingerprint density at radius 1 is 1.10 bits per heavy atom.